The fraction of sp³-hybridized carbons (Fsp3) is 0.0435. The van der Waals surface area contributed by atoms with Gasteiger partial charge in [-0.3, -0.25) is 4.79 Å². The van der Waals surface area contributed by atoms with Crippen LogP contribution in [0.3, 0.4) is 0 Å². The third-order valence-electron chi connectivity index (χ3n) is 5.08. The van der Waals surface area contributed by atoms with Crippen molar-refractivity contribution in [3.05, 3.63) is 89.4 Å². The Labute approximate surface area is 175 Å². The number of hydrogen-bond donors (Lipinski definition) is 2. The number of primary amides is 1. The Morgan fingerprint density at radius 2 is 1.77 bits per heavy atom. The summed E-state index contributed by atoms with van der Waals surface area (Å²) in [5, 5.41) is 14.7. The molecule has 2 aromatic heterocycles. The van der Waals surface area contributed by atoms with Crippen LogP contribution < -0.4 is 5.73 Å². The second-order valence-electron chi connectivity index (χ2n) is 7.09. The minimum atomic E-state index is -0.575. The lowest BCUT2D eigenvalue weighted by atomic mass is 9.99. The van der Waals surface area contributed by atoms with Gasteiger partial charge in [-0.2, -0.15) is 5.21 Å². The molecule has 0 saturated heterocycles. The monoisotopic (exact) mass is 413 g/mol. The van der Waals surface area contributed by atoms with Gasteiger partial charge in [0, 0.05) is 17.4 Å². The number of nitrogens with two attached hydrogens (primary N) is 1. The van der Waals surface area contributed by atoms with E-state index >= 15 is 0 Å². The highest BCUT2D eigenvalue weighted by molar-refractivity contribution is 6.07. The third-order valence-corrected chi connectivity index (χ3v) is 5.08. The molecule has 0 atom stereocenters. The number of aromatic amines is 1. The summed E-state index contributed by atoms with van der Waals surface area (Å²) in [7, 11) is 0. The van der Waals surface area contributed by atoms with Gasteiger partial charge in [-0.1, -0.05) is 36.4 Å². The first kappa shape index (κ1) is 18.7. The van der Waals surface area contributed by atoms with Gasteiger partial charge in [-0.25, -0.2) is 4.39 Å². The second-order valence-corrected chi connectivity index (χ2v) is 7.09. The van der Waals surface area contributed by atoms with E-state index in [9.17, 15) is 9.18 Å². The number of aromatic nitrogens is 4. The normalized spacial score (nSPS) is 11.1. The van der Waals surface area contributed by atoms with Gasteiger partial charge in [-0.05, 0) is 52.2 Å². The molecule has 3 N–H and O–H groups in total. The molecular formula is C23H16FN5O2. The highest BCUT2D eigenvalue weighted by Gasteiger charge is 2.20. The fourth-order valence-corrected chi connectivity index (χ4v) is 3.63. The van der Waals surface area contributed by atoms with E-state index in [1.807, 2.05) is 42.5 Å². The maximum Gasteiger partial charge on any atom is 0.252 e. The minimum absolute atomic E-state index is 0.323. The second kappa shape index (κ2) is 7.49. The molecule has 0 aliphatic rings. The van der Waals surface area contributed by atoms with Crippen molar-refractivity contribution in [1.82, 2.24) is 20.6 Å². The summed E-state index contributed by atoms with van der Waals surface area (Å²) in [5.41, 5.74) is 10.0. The fourth-order valence-electron chi connectivity index (χ4n) is 3.63. The molecule has 0 spiro atoms. The van der Waals surface area contributed by atoms with Crippen LogP contribution >= 0.6 is 0 Å². The average Bonchev–Trinajstić information content (AvgIpc) is 3.43. The Morgan fingerprint density at radius 3 is 2.52 bits per heavy atom. The van der Waals surface area contributed by atoms with E-state index in [0.29, 0.717) is 34.5 Å². The Bertz CT molecular complexity index is 1390. The number of rotatable bonds is 5. The Balaban J connectivity index is 1.58. The smallest absolute Gasteiger partial charge is 0.252 e. The van der Waals surface area contributed by atoms with Crippen molar-refractivity contribution in [2.75, 3.05) is 0 Å². The van der Waals surface area contributed by atoms with Gasteiger partial charge in [0.05, 0.1) is 5.56 Å². The average molecular weight is 413 g/mol. The van der Waals surface area contributed by atoms with Gasteiger partial charge in [0.2, 0.25) is 5.82 Å². The van der Waals surface area contributed by atoms with Crippen molar-refractivity contribution >= 4 is 16.9 Å². The van der Waals surface area contributed by atoms with Crippen molar-refractivity contribution in [1.29, 1.82) is 0 Å². The summed E-state index contributed by atoms with van der Waals surface area (Å²) >= 11 is 0. The molecule has 0 bridgehead atoms. The van der Waals surface area contributed by atoms with Crippen molar-refractivity contribution in [3.63, 3.8) is 0 Å². The predicted molar refractivity (Wildman–Crippen MR) is 113 cm³/mol. The zero-order chi connectivity index (χ0) is 21.4. The molecule has 0 fully saturated rings. The summed E-state index contributed by atoms with van der Waals surface area (Å²) in [5.74, 6) is 0.0437. The SMILES string of the molecule is NC(=O)c1c(Cc2ccc(F)cc2)oc2ccc(-c3cccc(-c4nn[nH]n4)c3)cc12. The maximum absolute atomic E-state index is 13.2. The van der Waals surface area contributed by atoms with Gasteiger partial charge in [0.1, 0.15) is 17.2 Å². The van der Waals surface area contributed by atoms with E-state index in [-0.39, 0.29) is 5.82 Å². The largest absolute Gasteiger partial charge is 0.460 e. The van der Waals surface area contributed by atoms with Gasteiger partial charge >= 0.3 is 0 Å². The summed E-state index contributed by atoms with van der Waals surface area (Å²) in [6.07, 6.45) is 0.329. The molecule has 1 amide bonds. The lowest BCUT2D eigenvalue weighted by molar-refractivity contribution is 0.1000. The summed E-state index contributed by atoms with van der Waals surface area (Å²) in [6, 6.07) is 19.3. The number of H-pyrrole nitrogens is 1. The highest BCUT2D eigenvalue weighted by Crippen LogP contribution is 2.32. The zero-order valence-electron chi connectivity index (χ0n) is 16.2. The maximum atomic E-state index is 13.2. The van der Waals surface area contributed by atoms with Crippen molar-refractivity contribution < 1.29 is 13.6 Å². The van der Waals surface area contributed by atoms with E-state index in [2.05, 4.69) is 20.6 Å². The molecule has 7 nitrogen and oxygen atoms in total. The van der Waals surface area contributed by atoms with E-state index in [0.717, 1.165) is 22.3 Å². The number of nitrogens with one attached hydrogen (secondary N) is 1. The van der Waals surface area contributed by atoms with Crippen LogP contribution in [0.15, 0.2) is 71.1 Å². The molecule has 3 aromatic carbocycles. The van der Waals surface area contributed by atoms with Crippen LogP contribution in [0.4, 0.5) is 4.39 Å². The van der Waals surface area contributed by atoms with Crippen LogP contribution in [0, 0.1) is 5.82 Å². The number of carbonyl (C=O) groups excluding carboxylic acids is 1. The first-order valence-electron chi connectivity index (χ1n) is 9.52. The summed E-state index contributed by atoms with van der Waals surface area (Å²) in [4.78, 5) is 12.3. The molecule has 152 valence electrons. The van der Waals surface area contributed by atoms with Gasteiger partial charge in [0.25, 0.3) is 5.91 Å². The van der Waals surface area contributed by atoms with E-state index in [4.69, 9.17) is 10.2 Å². The number of nitrogens with zero attached hydrogens (tertiary/aromatic N) is 3. The van der Waals surface area contributed by atoms with Crippen LogP contribution in [0.1, 0.15) is 21.7 Å². The number of furan rings is 1. The molecule has 2 heterocycles. The van der Waals surface area contributed by atoms with Crippen LogP contribution in [0.25, 0.3) is 33.5 Å². The molecule has 5 aromatic rings. The number of halogens is 1. The number of benzene rings is 3. The molecule has 0 saturated carbocycles. The van der Waals surface area contributed by atoms with Crippen molar-refractivity contribution in [2.24, 2.45) is 5.73 Å². The number of tetrazole rings is 1. The number of amides is 1. The Kier molecular flexibility index (Phi) is 4.51. The van der Waals surface area contributed by atoms with E-state index < -0.39 is 5.91 Å². The minimum Gasteiger partial charge on any atom is -0.460 e. The van der Waals surface area contributed by atoms with Crippen LogP contribution in [-0.2, 0) is 6.42 Å². The molecule has 0 aliphatic carbocycles. The van der Waals surface area contributed by atoms with Crippen molar-refractivity contribution in [3.8, 4) is 22.5 Å². The number of hydrogen-bond acceptors (Lipinski definition) is 5. The third kappa shape index (κ3) is 3.55. The molecule has 8 heteroatoms. The van der Waals surface area contributed by atoms with Gasteiger partial charge < -0.3 is 10.2 Å². The molecular weight excluding hydrogens is 397 g/mol. The molecule has 0 unspecified atom stereocenters. The first-order valence-corrected chi connectivity index (χ1v) is 9.52. The number of carbonyl (C=O) groups is 1. The van der Waals surface area contributed by atoms with E-state index in [1.54, 1.807) is 12.1 Å². The predicted octanol–water partition coefficient (Wildman–Crippen LogP) is 4.11. The Morgan fingerprint density at radius 1 is 1.00 bits per heavy atom. The summed E-state index contributed by atoms with van der Waals surface area (Å²) < 4.78 is 19.2. The molecule has 31 heavy (non-hydrogen) atoms. The topological polar surface area (TPSA) is 111 Å². The van der Waals surface area contributed by atoms with Crippen LogP contribution in [0.5, 0.6) is 0 Å². The standard InChI is InChI=1S/C23H16FN5O2/c24-17-7-4-13(5-8-17)10-20-21(22(25)30)18-12-15(6-9-19(18)31-20)14-2-1-3-16(11-14)23-26-28-29-27-23/h1-9,11-12H,10H2,(H2,25,30)(H,26,27,28,29). The zero-order valence-corrected chi connectivity index (χ0v) is 16.2. The van der Waals surface area contributed by atoms with Gasteiger partial charge in [0.15, 0.2) is 0 Å². The Hall–Kier alpha value is -4.33. The quantitative estimate of drug-likeness (QED) is 0.450. The molecule has 0 aliphatic heterocycles. The van der Waals surface area contributed by atoms with Crippen LogP contribution in [-0.4, -0.2) is 26.5 Å². The van der Waals surface area contributed by atoms with E-state index in [1.165, 1.54) is 12.1 Å². The molecule has 0 radical (unpaired) electrons. The van der Waals surface area contributed by atoms with Gasteiger partial charge in [-0.15, -0.1) is 10.2 Å². The first-order chi connectivity index (χ1) is 15.1. The lowest BCUT2D eigenvalue weighted by Crippen LogP contribution is -2.12. The number of fused-ring (bicyclic) bond motifs is 1. The molecule has 5 rings (SSSR count). The van der Waals surface area contributed by atoms with Crippen molar-refractivity contribution in [2.45, 2.75) is 6.42 Å². The summed E-state index contributed by atoms with van der Waals surface area (Å²) in [6.45, 7) is 0. The highest BCUT2D eigenvalue weighted by atomic mass is 19.1. The lowest BCUT2D eigenvalue weighted by Gasteiger charge is -2.04. The van der Waals surface area contributed by atoms with Crippen LogP contribution in [0.2, 0.25) is 0 Å².